The Morgan fingerprint density at radius 1 is 1.26 bits per heavy atom. The van der Waals surface area contributed by atoms with E-state index in [-0.39, 0.29) is 17.9 Å². The second-order valence-electron chi connectivity index (χ2n) is 7.08. The third kappa shape index (κ3) is 3.67. The molecule has 1 atom stereocenters. The molecule has 3 amide bonds. The van der Waals surface area contributed by atoms with Crippen LogP contribution in [0.25, 0.3) is 5.65 Å². The number of carbonyl (C=O) groups excluding carboxylic acids is 2. The summed E-state index contributed by atoms with van der Waals surface area (Å²) in [5.41, 5.74) is 0.823. The van der Waals surface area contributed by atoms with Crippen molar-refractivity contribution in [2.45, 2.75) is 13.3 Å². The molecule has 2 aromatic heterocycles. The number of fused-ring (bicyclic) bond motifs is 1. The van der Waals surface area contributed by atoms with Crippen molar-refractivity contribution < 1.29 is 9.59 Å². The fourth-order valence-corrected chi connectivity index (χ4v) is 3.75. The van der Waals surface area contributed by atoms with Gasteiger partial charge in [0, 0.05) is 70.5 Å². The summed E-state index contributed by atoms with van der Waals surface area (Å²) in [4.78, 5) is 34.3. The van der Waals surface area contributed by atoms with Gasteiger partial charge in [0.1, 0.15) is 5.82 Å². The van der Waals surface area contributed by atoms with Crippen LogP contribution in [-0.4, -0.2) is 82.1 Å². The van der Waals surface area contributed by atoms with Gasteiger partial charge in [-0.15, -0.1) is 5.10 Å². The van der Waals surface area contributed by atoms with Crippen LogP contribution >= 0.6 is 0 Å². The number of hydrogen-bond donors (Lipinski definition) is 1. The number of imidazole rings is 1. The largest absolute Gasteiger partial charge is 0.352 e. The molecule has 0 saturated carbocycles. The number of rotatable bonds is 4. The van der Waals surface area contributed by atoms with Gasteiger partial charge in [0.15, 0.2) is 5.65 Å². The van der Waals surface area contributed by atoms with E-state index >= 15 is 0 Å². The first-order valence-corrected chi connectivity index (χ1v) is 9.50. The molecule has 4 rings (SSSR count). The molecule has 4 heterocycles. The molecule has 2 saturated heterocycles. The lowest BCUT2D eigenvalue weighted by Gasteiger charge is -2.35. The molecular weight excluding hydrogens is 346 g/mol. The first kappa shape index (κ1) is 17.6. The summed E-state index contributed by atoms with van der Waals surface area (Å²) >= 11 is 0. The van der Waals surface area contributed by atoms with Crippen LogP contribution in [0.15, 0.2) is 24.5 Å². The second-order valence-corrected chi connectivity index (χ2v) is 7.08. The van der Waals surface area contributed by atoms with Gasteiger partial charge in [0.25, 0.3) is 0 Å². The summed E-state index contributed by atoms with van der Waals surface area (Å²) in [6, 6.07) is 3.87. The SMILES string of the molecule is CCN1C[C@H](CNC(=O)N2CCN(c3ccc4nccn4n3)CC2)CC1=O. The Morgan fingerprint density at radius 3 is 2.81 bits per heavy atom. The molecule has 2 aliphatic heterocycles. The molecule has 1 N–H and O–H groups in total. The summed E-state index contributed by atoms with van der Waals surface area (Å²) in [6.45, 7) is 6.81. The van der Waals surface area contributed by atoms with Gasteiger partial charge in [-0.1, -0.05) is 0 Å². The fourth-order valence-electron chi connectivity index (χ4n) is 3.75. The molecule has 144 valence electrons. The minimum atomic E-state index is -0.0462. The Hall–Kier alpha value is -2.84. The topological polar surface area (TPSA) is 86.1 Å². The van der Waals surface area contributed by atoms with Crippen molar-refractivity contribution in [2.75, 3.05) is 50.7 Å². The van der Waals surface area contributed by atoms with E-state index in [1.165, 1.54) is 0 Å². The zero-order valence-corrected chi connectivity index (χ0v) is 15.5. The van der Waals surface area contributed by atoms with E-state index < -0.39 is 0 Å². The minimum Gasteiger partial charge on any atom is -0.352 e. The van der Waals surface area contributed by atoms with Crippen LogP contribution in [0.1, 0.15) is 13.3 Å². The quantitative estimate of drug-likeness (QED) is 0.842. The van der Waals surface area contributed by atoms with E-state index in [0.717, 1.165) is 37.6 Å². The number of anilines is 1. The molecule has 0 radical (unpaired) electrons. The van der Waals surface area contributed by atoms with Gasteiger partial charge in [0.2, 0.25) is 5.91 Å². The highest BCUT2D eigenvalue weighted by molar-refractivity contribution is 5.79. The molecule has 27 heavy (non-hydrogen) atoms. The van der Waals surface area contributed by atoms with Crippen LogP contribution in [0.4, 0.5) is 10.6 Å². The summed E-state index contributed by atoms with van der Waals surface area (Å²) in [5.74, 6) is 1.30. The molecule has 2 fully saturated rings. The Balaban J connectivity index is 1.26. The number of amides is 3. The number of nitrogens with zero attached hydrogens (tertiary/aromatic N) is 6. The van der Waals surface area contributed by atoms with E-state index in [4.69, 9.17) is 0 Å². The highest BCUT2D eigenvalue weighted by atomic mass is 16.2. The monoisotopic (exact) mass is 371 g/mol. The maximum absolute atomic E-state index is 12.4. The van der Waals surface area contributed by atoms with Crippen molar-refractivity contribution in [3.63, 3.8) is 0 Å². The Morgan fingerprint density at radius 2 is 2.07 bits per heavy atom. The zero-order valence-electron chi connectivity index (χ0n) is 15.5. The van der Waals surface area contributed by atoms with Crippen LogP contribution < -0.4 is 10.2 Å². The average molecular weight is 371 g/mol. The predicted molar refractivity (Wildman–Crippen MR) is 101 cm³/mol. The second kappa shape index (κ2) is 7.42. The maximum Gasteiger partial charge on any atom is 0.317 e. The number of carbonyl (C=O) groups is 2. The van der Waals surface area contributed by atoms with Crippen molar-refractivity contribution >= 4 is 23.4 Å². The first-order valence-electron chi connectivity index (χ1n) is 9.50. The Kier molecular flexibility index (Phi) is 4.83. The number of urea groups is 1. The highest BCUT2D eigenvalue weighted by Gasteiger charge is 2.29. The van der Waals surface area contributed by atoms with Gasteiger partial charge in [-0.05, 0) is 19.1 Å². The molecule has 0 spiro atoms. The minimum absolute atomic E-state index is 0.0462. The predicted octanol–water partition coefficient (Wildman–Crippen LogP) is 0.429. The summed E-state index contributed by atoms with van der Waals surface area (Å²) < 4.78 is 1.76. The summed E-state index contributed by atoms with van der Waals surface area (Å²) in [7, 11) is 0. The van der Waals surface area contributed by atoms with Crippen molar-refractivity contribution in [2.24, 2.45) is 5.92 Å². The maximum atomic E-state index is 12.4. The van der Waals surface area contributed by atoms with Crippen LogP contribution in [0.5, 0.6) is 0 Å². The van der Waals surface area contributed by atoms with Crippen LogP contribution in [0.2, 0.25) is 0 Å². The van der Waals surface area contributed by atoms with Crippen molar-refractivity contribution in [3.05, 3.63) is 24.5 Å². The van der Waals surface area contributed by atoms with Gasteiger partial charge >= 0.3 is 6.03 Å². The first-order chi connectivity index (χ1) is 13.1. The standard InChI is InChI=1S/C18H25N7O2/c1-2-22-13-14(11-17(22)26)12-20-18(27)24-9-7-23(8-10-24)16-4-3-15-19-5-6-25(15)21-16/h3-6,14H,2,7-13H2,1H3,(H,20,27)/t14-/m0/s1. The van der Waals surface area contributed by atoms with E-state index in [9.17, 15) is 9.59 Å². The average Bonchev–Trinajstić information content (AvgIpc) is 3.31. The van der Waals surface area contributed by atoms with Gasteiger partial charge in [-0.25, -0.2) is 14.3 Å². The molecule has 0 aromatic carbocycles. The van der Waals surface area contributed by atoms with Crippen LogP contribution in [-0.2, 0) is 4.79 Å². The van der Waals surface area contributed by atoms with E-state index in [1.807, 2.05) is 35.1 Å². The smallest absolute Gasteiger partial charge is 0.317 e. The molecule has 0 bridgehead atoms. The van der Waals surface area contributed by atoms with E-state index in [2.05, 4.69) is 20.3 Å². The molecule has 0 unspecified atom stereocenters. The lowest BCUT2D eigenvalue weighted by Crippen LogP contribution is -2.52. The fraction of sp³-hybridized carbons (Fsp3) is 0.556. The summed E-state index contributed by atoms with van der Waals surface area (Å²) in [6.07, 6.45) is 4.09. The van der Waals surface area contributed by atoms with Gasteiger partial charge in [-0.3, -0.25) is 4.79 Å². The number of piperazine rings is 1. The number of nitrogens with one attached hydrogen (secondary N) is 1. The Labute approximate surface area is 157 Å². The molecule has 0 aliphatic carbocycles. The summed E-state index contributed by atoms with van der Waals surface area (Å²) in [5, 5.41) is 7.56. The number of hydrogen-bond acceptors (Lipinski definition) is 5. The van der Waals surface area contributed by atoms with Gasteiger partial charge < -0.3 is 20.0 Å². The lowest BCUT2D eigenvalue weighted by molar-refractivity contribution is -0.127. The molecule has 9 nitrogen and oxygen atoms in total. The van der Waals surface area contributed by atoms with Crippen molar-refractivity contribution in [1.29, 1.82) is 0 Å². The van der Waals surface area contributed by atoms with Crippen molar-refractivity contribution in [3.8, 4) is 0 Å². The van der Waals surface area contributed by atoms with Crippen molar-refractivity contribution in [1.82, 2.24) is 29.7 Å². The van der Waals surface area contributed by atoms with Gasteiger partial charge in [0.05, 0.1) is 0 Å². The number of aromatic nitrogens is 3. The molecular formula is C18H25N7O2. The van der Waals surface area contributed by atoms with E-state index in [0.29, 0.717) is 26.1 Å². The normalized spacial score (nSPS) is 20.6. The van der Waals surface area contributed by atoms with Gasteiger partial charge in [-0.2, -0.15) is 0 Å². The molecule has 9 heteroatoms. The molecule has 2 aromatic rings. The third-order valence-corrected chi connectivity index (χ3v) is 5.35. The van der Waals surface area contributed by atoms with E-state index in [1.54, 1.807) is 10.7 Å². The van der Waals surface area contributed by atoms with Crippen LogP contribution in [0.3, 0.4) is 0 Å². The molecule has 2 aliphatic rings. The Bertz CT molecular complexity index is 828. The number of likely N-dealkylation sites (tertiary alicyclic amines) is 1. The lowest BCUT2D eigenvalue weighted by atomic mass is 10.1. The third-order valence-electron chi connectivity index (χ3n) is 5.35. The highest BCUT2D eigenvalue weighted by Crippen LogP contribution is 2.17. The van der Waals surface area contributed by atoms with Crippen LogP contribution in [0, 0.1) is 5.92 Å². The zero-order chi connectivity index (χ0) is 18.8.